The Morgan fingerprint density at radius 3 is 2.30 bits per heavy atom. The molecule has 1 aromatic heterocycles. The van der Waals surface area contributed by atoms with Crippen molar-refractivity contribution in [3.63, 3.8) is 0 Å². The van der Waals surface area contributed by atoms with Crippen molar-refractivity contribution in [3.8, 4) is 11.3 Å². The Morgan fingerprint density at radius 2 is 1.78 bits per heavy atom. The van der Waals surface area contributed by atoms with Gasteiger partial charge in [0, 0.05) is 17.2 Å². The molecule has 138 valence electrons. The molecule has 0 aliphatic heterocycles. The Bertz CT molecular complexity index is 866. The summed E-state index contributed by atoms with van der Waals surface area (Å²) in [5.41, 5.74) is 7.13. The molecule has 0 N–H and O–H groups in total. The van der Waals surface area contributed by atoms with Gasteiger partial charge in [0.15, 0.2) is 0 Å². The lowest BCUT2D eigenvalue weighted by Crippen LogP contribution is -2.28. The third-order valence-electron chi connectivity index (χ3n) is 5.93. The van der Waals surface area contributed by atoms with Gasteiger partial charge in [0.1, 0.15) is 0 Å². The fourth-order valence-electron chi connectivity index (χ4n) is 4.17. The summed E-state index contributed by atoms with van der Waals surface area (Å²) in [4.78, 5) is 8.45. The maximum Gasteiger partial charge on any atom is 0.0701 e. The minimum absolute atomic E-state index is 0.0770. The number of pyridine rings is 1. The molecule has 0 saturated heterocycles. The first-order valence-corrected chi connectivity index (χ1v) is 9.72. The highest BCUT2D eigenvalue weighted by atomic mass is 14.7. The van der Waals surface area contributed by atoms with Crippen LogP contribution in [0.4, 0.5) is 0 Å². The Kier molecular flexibility index (Phi) is 5.85. The number of rotatable bonds is 7. The molecule has 0 saturated carbocycles. The summed E-state index contributed by atoms with van der Waals surface area (Å²) in [6.07, 6.45) is 10.5. The van der Waals surface area contributed by atoms with Crippen molar-refractivity contribution in [3.05, 3.63) is 89.8 Å². The number of hydrogen-bond acceptors (Lipinski definition) is 2. The van der Waals surface area contributed by atoms with Gasteiger partial charge < -0.3 is 0 Å². The molecular weight excluding hydrogens is 328 g/mol. The van der Waals surface area contributed by atoms with E-state index in [1.165, 1.54) is 16.7 Å². The zero-order chi connectivity index (χ0) is 19.3. The van der Waals surface area contributed by atoms with Crippen molar-refractivity contribution >= 4 is 6.72 Å². The highest BCUT2D eigenvalue weighted by Crippen LogP contribution is 2.43. The van der Waals surface area contributed by atoms with Crippen LogP contribution in [0.5, 0.6) is 0 Å². The van der Waals surface area contributed by atoms with Crippen LogP contribution in [0.1, 0.15) is 45.1 Å². The second-order valence-electron chi connectivity index (χ2n) is 7.07. The number of benzene rings is 1. The average Bonchev–Trinajstić information content (AvgIpc) is 2.76. The van der Waals surface area contributed by atoms with E-state index in [-0.39, 0.29) is 5.41 Å². The molecule has 0 radical (unpaired) electrons. The maximum atomic E-state index is 4.46. The number of hydrogen-bond donors (Lipinski definition) is 0. The fourth-order valence-corrected chi connectivity index (χ4v) is 4.17. The number of aliphatic imine (C=N–C) groups is 1. The normalized spacial score (nSPS) is 14.3. The smallest absolute Gasteiger partial charge is 0.0701 e. The molecule has 2 heteroatoms. The van der Waals surface area contributed by atoms with Gasteiger partial charge in [-0.05, 0) is 55.7 Å². The molecule has 0 unspecified atom stereocenters. The molecular formula is C25H28N2. The molecule has 0 spiro atoms. The van der Waals surface area contributed by atoms with Crippen LogP contribution in [0.25, 0.3) is 11.3 Å². The molecule has 1 aliphatic rings. The van der Waals surface area contributed by atoms with Gasteiger partial charge in [-0.2, -0.15) is 0 Å². The lowest BCUT2D eigenvalue weighted by atomic mass is 9.67. The average molecular weight is 357 g/mol. The van der Waals surface area contributed by atoms with E-state index >= 15 is 0 Å². The van der Waals surface area contributed by atoms with Crippen molar-refractivity contribution in [1.82, 2.24) is 4.98 Å². The predicted octanol–water partition coefficient (Wildman–Crippen LogP) is 6.67. The van der Waals surface area contributed by atoms with Gasteiger partial charge in [0.25, 0.3) is 0 Å². The van der Waals surface area contributed by atoms with Gasteiger partial charge in [-0.15, -0.1) is 0 Å². The van der Waals surface area contributed by atoms with Crippen LogP contribution in [0, 0.1) is 0 Å². The van der Waals surface area contributed by atoms with Gasteiger partial charge in [-0.1, -0.05) is 68.5 Å². The van der Waals surface area contributed by atoms with Crippen molar-refractivity contribution in [2.75, 3.05) is 0 Å². The zero-order valence-electron chi connectivity index (χ0n) is 16.4. The Hall–Kier alpha value is -2.74. The Labute approximate surface area is 163 Å². The van der Waals surface area contributed by atoms with E-state index in [0.29, 0.717) is 0 Å². The molecule has 1 aliphatic carbocycles. The van der Waals surface area contributed by atoms with E-state index in [2.05, 4.69) is 79.6 Å². The van der Waals surface area contributed by atoms with Crippen LogP contribution in [-0.2, 0) is 5.41 Å². The number of nitrogens with zero attached hydrogens (tertiary/aromatic N) is 2. The highest BCUT2D eigenvalue weighted by molar-refractivity contribution is 5.60. The van der Waals surface area contributed by atoms with Crippen LogP contribution >= 0.6 is 0 Å². The Balaban J connectivity index is 1.95. The van der Waals surface area contributed by atoms with E-state index < -0.39 is 0 Å². The van der Waals surface area contributed by atoms with E-state index in [1.54, 1.807) is 0 Å². The largest absolute Gasteiger partial charge is 0.265 e. The van der Waals surface area contributed by atoms with Gasteiger partial charge in [-0.25, -0.2) is 0 Å². The van der Waals surface area contributed by atoms with Gasteiger partial charge in [0.2, 0.25) is 0 Å². The number of allylic oxidation sites excluding steroid dienone is 4. The predicted molar refractivity (Wildman–Crippen MR) is 116 cm³/mol. The highest BCUT2D eigenvalue weighted by Gasteiger charge is 2.33. The molecule has 0 fully saturated rings. The van der Waals surface area contributed by atoms with Gasteiger partial charge in [0.05, 0.1) is 11.4 Å². The summed E-state index contributed by atoms with van der Waals surface area (Å²) in [7, 11) is 0. The fraction of sp³-hybridized carbons (Fsp3) is 0.280. The first-order chi connectivity index (χ1) is 13.1. The third-order valence-corrected chi connectivity index (χ3v) is 5.93. The minimum atomic E-state index is 0.0770. The van der Waals surface area contributed by atoms with E-state index in [4.69, 9.17) is 0 Å². The van der Waals surface area contributed by atoms with Crippen molar-refractivity contribution in [1.29, 1.82) is 0 Å². The van der Waals surface area contributed by atoms with Crippen LogP contribution in [0.3, 0.4) is 0 Å². The van der Waals surface area contributed by atoms with Crippen LogP contribution in [0.15, 0.2) is 89.2 Å². The standard InChI is InChI=1S/C25H28N2/c1-5-25(6-2,22-14-10-20(11-15-22)19(3)26-4)23-16-12-21(13-17-23)24-9-7-8-18-27-24/h7-10,12-14,16-18H,3-6,11,15H2,1-2H3. The molecule has 0 amide bonds. The summed E-state index contributed by atoms with van der Waals surface area (Å²) in [6.45, 7) is 12.2. The van der Waals surface area contributed by atoms with E-state index in [1.807, 2.05) is 18.3 Å². The van der Waals surface area contributed by atoms with Crippen LogP contribution < -0.4 is 0 Å². The number of aromatic nitrogens is 1. The first-order valence-electron chi connectivity index (χ1n) is 9.72. The molecule has 3 rings (SSSR count). The van der Waals surface area contributed by atoms with Crippen molar-refractivity contribution in [2.24, 2.45) is 4.99 Å². The van der Waals surface area contributed by atoms with E-state index in [9.17, 15) is 0 Å². The summed E-state index contributed by atoms with van der Waals surface area (Å²) in [5, 5.41) is 0. The topological polar surface area (TPSA) is 25.2 Å². The first kappa shape index (κ1) is 19.0. The van der Waals surface area contributed by atoms with Crippen LogP contribution in [-0.4, -0.2) is 11.7 Å². The quantitative estimate of drug-likeness (QED) is 0.509. The molecule has 0 atom stereocenters. The molecule has 0 bridgehead atoms. The summed E-state index contributed by atoms with van der Waals surface area (Å²) in [6, 6.07) is 15.0. The van der Waals surface area contributed by atoms with Crippen molar-refractivity contribution < 1.29 is 0 Å². The summed E-state index contributed by atoms with van der Waals surface area (Å²) < 4.78 is 0. The Morgan fingerprint density at radius 1 is 1.04 bits per heavy atom. The van der Waals surface area contributed by atoms with Gasteiger partial charge >= 0.3 is 0 Å². The summed E-state index contributed by atoms with van der Waals surface area (Å²) >= 11 is 0. The van der Waals surface area contributed by atoms with Gasteiger partial charge in [-0.3, -0.25) is 9.98 Å². The lowest BCUT2D eigenvalue weighted by molar-refractivity contribution is 0.449. The summed E-state index contributed by atoms with van der Waals surface area (Å²) in [5.74, 6) is 0. The second kappa shape index (κ2) is 8.30. The molecule has 1 heterocycles. The third kappa shape index (κ3) is 3.71. The second-order valence-corrected chi connectivity index (χ2v) is 7.07. The monoisotopic (exact) mass is 356 g/mol. The lowest BCUT2D eigenvalue weighted by Gasteiger charge is -2.37. The van der Waals surface area contributed by atoms with Crippen LogP contribution in [0.2, 0.25) is 0 Å². The molecule has 2 nitrogen and oxygen atoms in total. The molecule has 1 aromatic carbocycles. The zero-order valence-corrected chi connectivity index (χ0v) is 16.4. The molecule has 27 heavy (non-hydrogen) atoms. The minimum Gasteiger partial charge on any atom is -0.265 e. The maximum absolute atomic E-state index is 4.46. The SMILES string of the molecule is C=NC(=C)C1=CC=C(C(CC)(CC)c2ccc(-c3ccccn3)cc2)CC1. The van der Waals surface area contributed by atoms with E-state index in [0.717, 1.165) is 42.6 Å². The van der Waals surface area contributed by atoms with Crippen molar-refractivity contribution in [2.45, 2.75) is 44.9 Å². The molecule has 2 aromatic rings.